The SMILES string of the molecule is Cc1cc(C(=O)NCC(C)S(C)=O)cc(S(N)(=O)=O)c1C. The molecule has 0 aliphatic heterocycles. The zero-order chi connectivity index (χ0) is 16.4. The fourth-order valence-electron chi connectivity index (χ4n) is 1.71. The lowest BCUT2D eigenvalue weighted by atomic mass is 10.1. The summed E-state index contributed by atoms with van der Waals surface area (Å²) in [5.41, 5.74) is 1.41. The second-order valence-electron chi connectivity index (χ2n) is 4.98. The molecule has 0 fully saturated rings. The van der Waals surface area contributed by atoms with Crippen LogP contribution in [0.5, 0.6) is 0 Å². The van der Waals surface area contributed by atoms with Gasteiger partial charge in [0, 0.05) is 34.4 Å². The van der Waals surface area contributed by atoms with Gasteiger partial charge in [-0.3, -0.25) is 9.00 Å². The smallest absolute Gasteiger partial charge is 0.251 e. The van der Waals surface area contributed by atoms with Crippen LogP contribution in [0, 0.1) is 13.8 Å². The second-order valence-corrected chi connectivity index (χ2v) is 8.31. The van der Waals surface area contributed by atoms with Gasteiger partial charge in [-0.05, 0) is 44.0 Å². The lowest BCUT2D eigenvalue weighted by molar-refractivity contribution is 0.0954. The van der Waals surface area contributed by atoms with Crippen LogP contribution in [0.4, 0.5) is 0 Å². The maximum Gasteiger partial charge on any atom is 0.251 e. The fraction of sp³-hybridized carbons (Fsp3) is 0.462. The molecule has 6 nitrogen and oxygen atoms in total. The summed E-state index contributed by atoms with van der Waals surface area (Å²) in [7, 11) is -4.93. The number of hydrogen-bond acceptors (Lipinski definition) is 4. The normalized spacial score (nSPS) is 14.5. The van der Waals surface area contributed by atoms with E-state index in [0.29, 0.717) is 11.1 Å². The molecule has 3 N–H and O–H groups in total. The summed E-state index contributed by atoms with van der Waals surface area (Å²) < 4.78 is 34.3. The minimum Gasteiger partial charge on any atom is -0.351 e. The number of rotatable bonds is 5. The van der Waals surface area contributed by atoms with Crippen LogP contribution in [-0.2, 0) is 20.8 Å². The number of nitrogens with two attached hydrogens (primary N) is 1. The van der Waals surface area contributed by atoms with E-state index in [9.17, 15) is 17.4 Å². The van der Waals surface area contributed by atoms with E-state index < -0.39 is 26.7 Å². The van der Waals surface area contributed by atoms with E-state index in [1.165, 1.54) is 6.07 Å². The zero-order valence-corrected chi connectivity index (χ0v) is 14.1. The van der Waals surface area contributed by atoms with E-state index >= 15 is 0 Å². The minimum atomic E-state index is -3.89. The van der Waals surface area contributed by atoms with Gasteiger partial charge in [0.05, 0.1) is 4.90 Å². The molecule has 0 spiro atoms. The molecule has 0 aliphatic carbocycles. The number of hydrogen-bond donors (Lipinski definition) is 2. The summed E-state index contributed by atoms with van der Waals surface area (Å²) in [4.78, 5) is 12.0. The van der Waals surface area contributed by atoms with E-state index in [-0.39, 0.29) is 22.3 Å². The van der Waals surface area contributed by atoms with E-state index in [0.717, 1.165) is 0 Å². The number of carbonyl (C=O) groups excluding carboxylic acids is 1. The van der Waals surface area contributed by atoms with Crippen LogP contribution in [0.2, 0.25) is 0 Å². The largest absolute Gasteiger partial charge is 0.351 e. The molecule has 0 saturated carbocycles. The topological polar surface area (TPSA) is 106 Å². The molecule has 21 heavy (non-hydrogen) atoms. The van der Waals surface area contributed by atoms with E-state index in [4.69, 9.17) is 5.14 Å². The molecule has 0 aromatic heterocycles. The summed E-state index contributed by atoms with van der Waals surface area (Å²) in [6.45, 7) is 5.36. The van der Waals surface area contributed by atoms with Crippen molar-refractivity contribution in [3.8, 4) is 0 Å². The third kappa shape index (κ3) is 4.62. The van der Waals surface area contributed by atoms with Crippen molar-refractivity contribution in [3.63, 3.8) is 0 Å². The third-order valence-corrected chi connectivity index (χ3v) is 5.64. The molecule has 1 rings (SSSR count). The van der Waals surface area contributed by atoms with Gasteiger partial charge in [-0.1, -0.05) is 0 Å². The minimum absolute atomic E-state index is 0.0558. The highest BCUT2D eigenvalue weighted by Gasteiger charge is 2.18. The summed E-state index contributed by atoms with van der Waals surface area (Å²) in [5, 5.41) is 7.61. The molecule has 0 heterocycles. The number of aryl methyl sites for hydroxylation is 1. The summed E-state index contributed by atoms with van der Waals surface area (Å²) in [6.07, 6.45) is 1.56. The Labute approximate surface area is 127 Å². The van der Waals surface area contributed by atoms with Gasteiger partial charge >= 0.3 is 0 Å². The fourth-order valence-corrected chi connectivity index (χ4v) is 2.91. The Bertz CT molecular complexity index is 684. The van der Waals surface area contributed by atoms with Crippen LogP contribution in [-0.4, -0.2) is 36.6 Å². The first-order valence-electron chi connectivity index (χ1n) is 6.28. The average molecular weight is 332 g/mol. The Kier molecular flexibility index (Phi) is 5.66. The predicted octanol–water partition coefficient (Wildman–Crippen LogP) is 0.448. The third-order valence-electron chi connectivity index (χ3n) is 3.31. The maximum atomic E-state index is 12.1. The quantitative estimate of drug-likeness (QED) is 0.816. The number of amides is 1. The van der Waals surface area contributed by atoms with Gasteiger partial charge in [0.25, 0.3) is 5.91 Å². The first kappa shape index (κ1) is 17.8. The first-order valence-corrected chi connectivity index (χ1v) is 9.45. The first-order chi connectivity index (χ1) is 9.54. The highest BCUT2D eigenvalue weighted by atomic mass is 32.2. The molecule has 0 aliphatic rings. The monoisotopic (exact) mass is 332 g/mol. The summed E-state index contributed by atoms with van der Waals surface area (Å²) in [5.74, 6) is -0.416. The van der Waals surface area contributed by atoms with E-state index in [1.807, 2.05) is 0 Å². The van der Waals surface area contributed by atoms with Crippen LogP contribution < -0.4 is 10.5 Å². The Morgan fingerprint density at radius 2 is 1.95 bits per heavy atom. The molecule has 0 bridgehead atoms. The lowest BCUT2D eigenvalue weighted by Crippen LogP contribution is -2.32. The van der Waals surface area contributed by atoms with Crippen molar-refractivity contribution in [3.05, 3.63) is 28.8 Å². The molecular formula is C13H20N2O4S2. The van der Waals surface area contributed by atoms with Gasteiger partial charge in [0.2, 0.25) is 10.0 Å². The van der Waals surface area contributed by atoms with Gasteiger partial charge in [0.1, 0.15) is 0 Å². The van der Waals surface area contributed by atoms with E-state index in [1.54, 1.807) is 33.1 Å². The van der Waals surface area contributed by atoms with Gasteiger partial charge < -0.3 is 5.32 Å². The molecule has 0 saturated heterocycles. The van der Waals surface area contributed by atoms with E-state index in [2.05, 4.69) is 5.32 Å². The molecule has 1 amide bonds. The standard InChI is InChI=1S/C13H20N2O4S2/c1-8-5-11(6-12(10(8)3)21(14,18)19)13(16)15-7-9(2)20(4)17/h5-6,9H,7H2,1-4H3,(H,15,16)(H2,14,18,19). The zero-order valence-electron chi connectivity index (χ0n) is 12.5. The van der Waals surface area contributed by atoms with Crippen molar-refractivity contribution in [2.24, 2.45) is 5.14 Å². The van der Waals surface area contributed by atoms with Gasteiger partial charge in [0.15, 0.2) is 0 Å². The van der Waals surface area contributed by atoms with Crippen LogP contribution in [0.15, 0.2) is 17.0 Å². The van der Waals surface area contributed by atoms with Crippen LogP contribution in [0.1, 0.15) is 28.4 Å². The van der Waals surface area contributed by atoms with Crippen molar-refractivity contribution >= 4 is 26.7 Å². The van der Waals surface area contributed by atoms with Crippen LogP contribution in [0.25, 0.3) is 0 Å². The number of sulfonamides is 1. The summed E-state index contributed by atoms with van der Waals surface area (Å²) >= 11 is 0. The van der Waals surface area contributed by atoms with Crippen molar-refractivity contribution in [1.82, 2.24) is 5.32 Å². The predicted molar refractivity (Wildman–Crippen MR) is 83.2 cm³/mol. The number of primary sulfonamides is 1. The van der Waals surface area contributed by atoms with Crippen molar-refractivity contribution in [2.45, 2.75) is 30.9 Å². The Morgan fingerprint density at radius 1 is 1.38 bits per heavy atom. The molecular weight excluding hydrogens is 312 g/mol. The number of benzene rings is 1. The molecule has 0 radical (unpaired) electrons. The van der Waals surface area contributed by atoms with Gasteiger partial charge in [-0.25, -0.2) is 13.6 Å². The molecule has 1 aromatic carbocycles. The Balaban J connectivity index is 3.07. The van der Waals surface area contributed by atoms with Crippen LogP contribution in [0.3, 0.4) is 0 Å². The van der Waals surface area contributed by atoms with Gasteiger partial charge in [-0.15, -0.1) is 0 Å². The van der Waals surface area contributed by atoms with Crippen molar-refractivity contribution in [2.75, 3.05) is 12.8 Å². The average Bonchev–Trinajstić information content (AvgIpc) is 2.36. The Hall–Kier alpha value is -1.25. The Morgan fingerprint density at radius 3 is 2.43 bits per heavy atom. The molecule has 118 valence electrons. The number of carbonyl (C=O) groups is 1. The van der Waals surface area contributed by atoms with Crippen LogP contribution >= 0.6 is 0 Å². The number of nitrogens with one attached hydrogen (secondary N) is 1. The summed E-state index contributed by atoms with van der Waals surface area (Å²) in [6, 6.07) is 2.87. The lowest BCUT2D eigenvalue weighted by Gasteiger charge is -2.13. The maximum absolute atomic E-state index is 12.1. The molecule has 2 atom stereocenters. The molecule has 8 heteroatoms. The van der Waals surface area contributed by atoms with Gasteiger partial charge in [-0.2, -0.15) is 0 Å². The molecule has 2 unspecified atom stereocenters. The highest BCUT2D eigenvalue weighted by Crippen LogP contribution is 2.20. The highest BCUT2D eigenvalue weighted by molar-refractivity contribution is 7.89. The van der Waals surface area contributed by atoms with Crippen molar-refractivity contribution in [1.29, 1.82) is 0 Å². The van der Waals surface area contributed by atoms with Crippen molar-refractivity contribution < 1.29 is 17.4 Å². The molecule has 1 aromatic rings. The second kappa shape index (κ2) is 6.67.